The molecule has 4 rings (SSSR count). The predicted molar refractivity (Wildman–Crippen MR) is 99.6 cm³/mol. The number of aliphatic hydroxyl groups is 1. The zero-order chi connectivity index (χ0) is 19.9. The molecule has 0 amide bonds. The van der Waals surface area contributed by atoms with Gasteiger partial charge in [-0.2, -0.15) is 18.2 Å². The fourth-order valence-corrected chi connectivity index (χ4v) is 3.38. The van der Waals surface area contributed by atoms with Crippen LogP contribution in [0.2, 0.25) is 0 Å². The molecule has 8 heteroatoms. The van der Waals surface area contributed by atoms with Gasteiger partial charge in [0.25, 0.3) is 0 Å². The highest BCUT2D eigenvalue weighted by molar-refractivity contribution is 5.90. The van der Waals surface area contributed by atoms with E-state index >= 15 is 0 Å². The van der Waals surface area contributed by atoms with E-state index in [4.69, 9.17) is 0 Å². The second kappa shape index (κ2) is 6.94. The number of hydrogen-bond acceptors (Lipinski definition) is 4. The van der Waals surface area contributed by atoms with Gasteiger partial charge in [0.15, 0.2) is 0 Å². The van der Waals surface area contributed by atoms with Gasteiger partial charge in [-0.15, -0.1) is 0 Å². The normalized spacial score (nSPS) is 19.4. The number of anilines is 1. The third kappa shape index (κ3) is 3.35. The Kier molecular flexibility index (Phi) is 4.58. The first-order valence-electron chi connectivity index (χ1n) is 8.96. The molecule has 3 aromatic rings. The van der Waals surface area contributed by atoms with Crippen molar-refractivity contribution in [1.82, 2.24) is 9.55 Å². The largest absolute Gasteiger partial charge is 0.416 e. The van der Waals surface area contributed by atoms with Gasteiger partial charge < -0.3 is 10.4 Å². The lowest BCUT2D eigenvalue weighted by Crippen LogP contribution is -2.36. The Labute approximate surface area is 158 Å². The van der Waals surface area contributed by atoms with Crippen molar-refractivity contribution >= 4 is 16.7 Å². The molecule has 28 heavy (non-hydrogen) atoms. The Bertz CT molecular complexity index is 1060. The monoisotopic (exact) mass is 389 g/mol. The summed E-state index contributed by atoms with van der Waals surface area (Å²) < 4.78 is 40.9. The zero-order valence-corrected chi connectivity index (χ0v) is 14.8. The molecule has 1 aromatic heterocycles. The predicted octanol–water partition coefficient (Wildman–Crippen LogP) is 3.59. The van der Waals surface area contributed by atoms with Crippen LogP contribution in [0.4, 0.5) is 19.0 Å². The van der Waals surface area contributed by atoms with Crippen LogP contribution in [0.25, 0.3) is 16.6 Å². The van der Waals surface area contributed by atoms with Gasteiger partial charge >= 0.3 is 11.9 Å². The first kappa shape index (κ1) is 18.5. The molecule has 146 valence electrons. The standard InChI is InChI=1S/C20H18F3N3O2/c21-20(22,23)13-7-8-15-16(10-13)26(14-4-2-1-3-5-14)19(28)25-18(15)24-11-12-6-9-17(12)27/h1-5,7-8,10,12,17,27H,6,9,11H2,(H,24,25,28)/t12-,17+/m0/s1. The second-order valence-electron chi connectivity index (χ2n) is 6.93. The van der Waals surface area contributed by atoms with Crippen LogP contribution in [0.3, 0.4) is 0 Å². The summed E-state index contributed by atoms with van der Waals surface area (Å²) in [4.78, 5) is 16.7. The van der Waals surface area contributed by atoms with E-state index in [1.165, 1.54) is 10.6 Å². The van der Waals surface area contributed by atoms with Crippen LogP contribution < -0.4 is 11.0 Å². The van der Waals surface area contributed by atoms with Crippen molar-refractivity contribution in [2.75, 3.05) is 11.9 Å². The molecule has 0 bridgehead atoms. The van der Waals surface area contributed by atoms with Crippen molar-refractivity contribution in [2.45, 2.75) is 25.1 Å². The quantitative estimate of drug-likeness (QED) is 0.716. The fourth-order valence-electron chi connectivity index (χ4n) is 3.38. The summed E-state index contributed by atoms with van der Waals surface area (Å²) >= 11 is 0. The number of nitrogens with one attached hydrogen (secondary N) is 1. The number of nitrogens with zero attached hydrogens (tertiary/aromatic N) is 2. The lowest BCUT2D eigenvalue weighted by Gasteiger charge is -2.32. The van der Waals surface area contributed by atoms with E-state index in [1.54, 1.807) is 30.3 Å². The summed E-state index contributed by atoms with van der Waals surface area (Å²) in [7, 11) is 0. The number of benzene rings is 2. The van der Waals surface area contributed by atoms with Crippen molar-refractivity contribution in [3.05, 3.63) is 64.6 Å². The van der Waals surface area contributed by atoms with E-state index in [2.05, 4.69) is 10.3 Å². The van der Waals surface area contributed by atoms with Crippen LogP contribution in [0.5, 0.6) is 0 Å². The maximum atomic E-state index is 13.3. The summed E-state index contributed by atoms with van der Waals surface area (Å²) in [5.41, 5.74) is -0.951. The lowest BCUT2D eigenvalue weighted by atomic mass is 9.82. The molecule has 0 radical (unpaired) electrons. The van der Waals surface area contributed by atoms with Crippen LogP contribution in [0, 0.1) is 5.92 Å². The topological polar surface area (TPSA) is 67.2 Å². The summed E-state index contributed by atoms with van der Waals surface area (Å²) in [6.45, 7) is 0.402. The molecule has 1 saturated carbocycles. The Morgan fingerprint density at radius 3 is 2.50 bits per heavy atom. The van der Waals surface area contributed by atoms with Crippen molar-refractivity contribution in [1.29, 1.82) is 0 Å². The molecule has 2 aromatic carbocycles. The first-order valence-corrected chi connectivity index (χ1v) is 8.96. The molecule has 0 spiro atoms. The number of aliphatic hydroxyl groups excluding tert-OH is 1. The van der Waals surface area contributed by atoms with Gasteiger partial charge in [0.1, 0.15) is 5.82 Å². The third-order valence-electron chi connectivity index (χ3n) is 5.14. The molecule has 2 atom stereocenters. The van der Waals surface area contributed by atoms with Gasteiger partial charge in [0.05, 0.1) is 22.9 Å². The molecule has 1 fully saturated rings. The van der Waals surface area contributed by atoms with Crippen molar-refractivity contribution in [3.63, 3.8) is 0 Å². The highest BCUT2D eigenvalue weighted by atomic mass is 19.4. The molecule has 2 N–H and O–H groups in total. The van der Waals surface area contributed by atoms with Crippen molar-refractivity contribution in [2.24, 2.45) is 5.92 Å². The van der Waals surface area contributed by atoms with E-state index in [-0.39, 0.29) is 17.3 Å². The molecule has 1 aliphatic carbocycles. The van der Waals surface area contributed by atoms with E-state index in [0.29, 0.717) is 17.6 Å². The van der Waals surface area contributed by atoms with Crippen LogP contribution in [0.1, 0.15) is 18.4 Å². The lowest BCUT2D eigenvalue weighted by molar-refractivity contribution is -0.137. The maximum absolute atomic E-state index is 13.3. The molecular formula is C20H18F3N3O2. The molecule has 0 saturated heterocycles. The Balaban J connectivity index is 1.87. The van der Waals surface area contributed by atoms with E-state index in [1.807, 2.05) is 0 Å². The summed E-state index contributed by atoms with van der Waals surface area (Å²) in [5.74, 6) is 0.267. The minimum atomic E-state index is -4.53. The average molecular weight is 389 g/mol. The number of fused-ring (bicyclic) bond motifs is 1. The highest BCUT2D eigenvalue weighted by Crippen LogP contribution is 2.33. The molecule has 1 aliphatic rings. The van der Waals surface area contributed by atoms with Crippen LogP contribution in [-0.4, -0.2) is 27.3 Å². The number of alkyl halides is 3. The first-order chi connectivity index (χ1) is 13.3. The molecule has 5 nitrogen and oxygen atoms in total. The van der Waals surface area contributed by atoms with Gasteiger partial charge in [-0.3, -0.25) is 4.57 Å². The summed E-state index contributed by atoms with van der Waals surface area (Å²) in [6.07, 6.45) is -3.35. The molecular weight excluding hydrogens is 371 g/mol. The van der Waals surface area contributed by atoms with Crippen LogP contribution in [-0.2, 0) is 6.18 Å². The molecule has 0 unspecified atom stereocenters. The van der Waals surface area contributed by atoms with Gasteiger partial charge in [-0.25, -0.2) is 4.79 Å². The minimum absolute atomic E-state index is 0.0443. The third-order valence-corrected chi connectivity index (χ3v) is 5.14. The number of aromatic nitrogens is 2. The van der Waals surface area contributed by atoms with E-state index < -0.39 is 23.5 Å². The van der Waals surface area contributed by atoms with Crippen molar-refractivity contribution < 1.29 is 18.3 Å². The second-order valence-corrected chi connectivity index (χ2v) is 6.93. The van der Waals surface area contributed by atoms with E-state index in [0.717, 1.165) is 25.0 Å². The Morgan fingerprint density at radius 2 is 1.89 bits per heavy atom. The number of para-hydroxylation sites is 1. The SMILES string of the molecule is O=c1nc(NC[C@@H]2CC[C@H]2O)c2ccc(C(F)(F)F)cc2n1-c1ccccc1. The van der Waals surface area contributed by atoms with Gasteiger partial charge in [0.2, 0.25) is 0 Å². The van der Waals surface area contributed by atoms with Gasteiger partial charge in [-0.05, 0) is 43.2 Å². The Morgan fingerprint density at radius 1 is 1.14 bits per heavy atom. The van der Waals surface area contributed by atoms with Crippen LogP contribution in [0.15, 0.2) is 53.3 Å². The highest BCUT2D eigenvalue weighted by Gasteiger charge is 2.32. The minimum Gasteiger partial charge on any atom is -0.393 e. The van der Waals surface area contributed by atoms with Gasteiger partial charge in [0, 0.05) is 17.8 Å². The number of hydrogen-bond donors (Lipinski definition) is 2. The van der Waals surface area contributed by atoms with Gasteiger partial charge in [-0.1, -0.05) is 18.2 Å². The zero-order valence-electron chi connectivity index (χ0n) is 14.8. The maximum Gasteiger partial charge on any atom is 0.416 e. The Hall–Kier alpha value is -2.87. The summed E-state index contributed by atoms with van der Waals surface area (Å²) in [6, 6.07) is 11.7. The smallest absolute Gasteiger partial charge is 0.393 e. The number of rotatable bonds is 4. The molecule has 0 aliphatic heterocycles. The van der Waals surface area contributed by atoms with Crippen LogP contribution >= 0.6 is 0 Å². The number of halogens is 3. The summed E-state index contributed by atoms with van der Waals surface area (Å²) in [5, 5.41) is 13.2. The fraction of sp³-hybridized carbons (Fsp3) is 0.300. The van der Waals surface area contributed by atoms with Crippen molar-refractivity contribution in [3.8, 4) is 5.69 Å². The molecule has 1 heterocycles. The average Bonchev–Trinajstić information content (AvgIpc) is 2.66. The van der Waals surface area contributed by atoms with E-state index in [9.17, 15) is 23.1 Å².